The van der Waals surface area contributed by atoms with Crippen molar-refractivity contribution >= 4 is 28.6 Å². The lowest BCUT2D eigenvalue weighted by molar-refractivity contribution is -0.120. The molecule has 0 aliphatic heterocycles. The third-order valence-corrected chi connectivity index (χ3v) is 4.83. The normalized spacial score (nSPS) is 10.7. The SMILES string of the molecule is Cc1nc(-c2ccc(CC(=O)NCCc3cscn3)cc2)cs1. The monoisotopic (exact) mass is 343 g/mol. The number of aromatic nitrogens is 2. The Labute approximate surface area is 143 Å². The molecule has 0 fully saturated rings. The fraction of sp³-hybridized carbons (Fsp3) is 0.235. The number of rotatable bonds is 6. The van der Waals surface area contributed by atoms with Gasteiger partial charge < -0.3 is 5.32 Å². The van der Waals surface area contributed by atoms with Crippen LogP contribution in [0, 0.1) is 6.92 Å². The van der Waals surface area contributed by atoms with Gasteiger partial charge in [-0.05, 0) is 12.5 Å². The van der Waals surface area contributed by atoms with E-state index in [1.165, 1.54) is 0 Å². The lowest BCUT2D eigenvalue weighted by Gasteiger charge is -2.05. The molecule has 1 N–H and O–H groups in total. The van der Waals surface area contributed by atoms with Crippen molar-refractivity contribution in [2.45, 2.75) is 19.8 Å². The zero-order valence-corrected chi connectivity index (χ0v) is 14.4. The number of nitrogens with zero attached hydrogens (tertiary/aromatic N) is 2. The van der Waals surface area contributed by atoms with Crippen molar-refractivity contribution in [3.63, 3.8) is 0 Å². The first-order valence-corrected chi connectivity index (χ1v) is 9.18. The molecule has 3 aromatic rings. The van der Waals surface area contributed by atoms with Gasteiger partial charge in [-0.25, -0.2) is 9.97 Å². The highest BCUT2D eigenvalue weighted by Crippen LogP contribution is 2.21. The minimum atomic E-state index is 0.0393. The highest BCUT2D eigenvalue weighted by Gasteiger charge is 2.06. The summed E-state index contributed by atoms with van der Waals surface area (Å²) >= 11 is 3.22. The van der Waals surface area contributed by atoms with Gasteiger partial charge in [-0.3, -0.25) is 4.79 Å². The number of hydrogen-bond acceptors (Lipinski definition) is 5. The number of aryl methyl sites for hydroxylation is 1. The summed E-state index contributed by atoms with van der Waals surface area (Å²) in [6.07, 6.45) is 1.17. The summed E-state index contributed by atoms with van der Waals surface area (Å²) < 4.78 is 0. The van der Waals surface area contributed by atoms with Gasteiger partial charge in [0, 0.05) is 29.3 Å². The smallest absolute Gasteiger partial charge is 0.224 e. The van der Waals surface area contributed by atoms with Crippen LogP contribution in [0.3, 0.4) is 0 Å². The summed E-state index contributed by atoms with van der Waals surface area (Å²) in [6, 6.07) is 8.02. The molecule has 3 rings (SSSR count). The van der Waals surface area contributed by atoms with Crippen LogP contribution in [0.15, 0.2) is 40.5 Å². The zero-order valence-electron chi connectivity index (χ0n) is 12.8. The molecule has 0 radical (unpaired) electrons. The first kappa shape index (κ1) is 15.8. The molecule has 0 saturated heterocycles. The van der Waals surface area contributed by atoms with Gasteiger partial charge >= 0.3 is 0 Å². The van der Waals surface area contributed by atoms with Crippen molar-refractivity contribution in [1.29, 1.82) is 0 Å². The number of carbonyl (C=O) groups excluding carboxylic acids is 1. The topological polar surface area (TPSA) is 54.9 Å². The second-order valence-corrected chi connectivity index (χ2v) is 6.99. The molecule has 0 aliphatic carbocycles. The quantitative estimate of drug-likeness (QED) is 0.745. The van der Waals surface area contributed by atoms with Crippen LogP contribution < -0.4 is 5.32 Å². The van der Waals surface area contributed by atoms with Gasteiger partial charge in [0.25, 0.3) is 0 Å². The van der Waals surface area contributed by atoms with Gasteiger partial charge in [-0.2, -0.15) is 0 Å². The molecule has 0 saturated carbocycles. The number of nitrogens with one attached hydrogen (secondary N) is 1. The highest BCUT2D eigenvalue weighted by atomic mass is 32.1. The molecule has 118 valence electrons. The Morgan fingerprint density at radius 2 is 2.04 bits per heavy atom. The van der Waals surface area contributed by atoms with E-state index in [2.05, 4.69) is 20.7 Å². The Bertz CT molecular complexity index is 764. The Morgan fingerprint density at radius 3 is 2.70 bits per heavy atom. The number of hydrogen-bond donors (Lipinski definition) is 1. The van der Waals surface area contributed by atoms with Crippen LogP contribution in [0.4, 0.5) is 0 Å². The van der Waals surface area contributed by atoms with Crippen molar-refractivity contribution in [2.75, 3.05) is 6.54 Å². The second kappa shape index (κ2) is 7.48. The second-order valence-electron chi connectivity index (χ2n) is 5.21. The number of carbonyl (C=O) groups is 1. The average molecular weight is 343 g/mol. The van der Waals surface area contributed by atoms with E-state index >= 15 is 0 Å². The number of amides is 1. The Morgan fingerprint density at radius 1 is 1.22 bits per heavy atom. The third-order valence-electron chi connectivity index (χ3n) is 3.42. The average Bonchev–Trinajstić information content (AvgIpc) is 3.20. The van der Waals surface area contributed by atoms with Gasteiger partial charge in [0.1, 0.15) is 0 Å². The molecule has 0 atom stereocenters. The standard InChI is InChI=1S/C17H17N3OS2/c1-12-20-16(10-23-12)14-4-2-13(3-5-14)8-17(21)18-7-6-15-9-22-11-19-15/h2-5,9-11H,6-8H2,1H3,(H,18,21). The van der Waals surface area contributed by atoms with E-state index in [1.807, 2.05) is 42.1 Å². The Balaban J connectivity index is 1.50. The molecular weight excluding hydrogens is 326 g/mol. The summed E-state index contributed by atoms with van der Waals surface area (Å²) in [5, 5.41) is 8.05. The maximum Gasteiger partial charge on any atom is 0.224 e. The van der Waals surface area contributed by atoms with Crippen LogP contribution >= 0.6 is 22.7 Å². The molecule has 2 heterocycles. The Hall–Kier alpha value is -2.05. The number of thiazole rings is 2. The maximum atomic E-state index is 12.0. The van der Waals surface area contributed by atoms with E-state index in [0.29, 0.717) is 13.0 Å². The predicted octanol–water partition coefficient (Wildman–Crippen LogP) is 3.48. The minimum absolute atomic E-state index is 0.0393. The number of benzene rings is 1. The molecule has 1 aromatic carbocycles. The van der Waals surface area contributed by atoms with Crippen molar-refractivity contribution in [3.05, 3.63) is 56.8 Å². The molecule has 1 amide bonds. The van der Waals surface area contributed by atoms with Gasteiger partial charge in [0.2, 0.25) is 5.91 Å². The highest BCUT2D eigenvalue weighted by molar-refractivity contribution is 7.09. The Kier molecular flexibility index (Phi) is 5.15. The molecule has 0 bridgehead atoms. The fourth-order valence-electron chi connectivity index (χ4n) is 2.23. The van der Waals surface area contributed by atoms with E-state index < -0.39 is 0 Å². The molecule has 2 aromatic heterocycles. The first-order chi connectivity index (χ1) is 11.2. The first-order valence-electron chi connectivity index (χ1n) is 7.36. The molecule has 23 heavy (non-hydrogen) atoms. The van der Waals surface area contributed by atoms with Gasteiger partial charge in [-0.1, -0.05) is 24.3 Å². The molecule has 0 spiro atoms. The minimum Gasteiger partial charge on any atom is -0.355 e. The predicted molar refractivity (Wildman–Crippen MR) is 94.8 cm³/mol. The molecular formula is C17H17N3OS2. The molecule has 6 heteroatoms. The summed E-state index contributed by atoms with van der Waals surface area (Å²) in [4.78, 5) is 20.6. The van der Waals surface area contributed by atoms with Crippen molar-refractivity contribution in [2.24, 2.45) is 0 Å². The lowest BCUT2D eigenvalue weighted by Crippen LogP contribution is -2.27. The summed E-state index contributed by atoms with van der Waals surface area (Å²) in [5.41, 5.74) is 5.92. The van der Waals surface area contributed by atoms with Crippen LogP contribution in [-0.4, -0.2) is 22.4 Å². The summed E-state index contributed by atoms with van der Waals surface area (Å²) in [7, 11) is 0. The van der Waals surface area contributed by atoms with Crippen molar-refractivity contribution in [3.8, 4) is 11.3 Å². The largest absolute Gasteiger partial charge is 0.355 e. The van der Waals surface area contributed by atoms with Gasteiger partial charge in [0.15, 0.2) is 0 Å². The molecule has 0 unspecified atom stereocenters. The maximum absolute atomic E-state index is 12.0. The van der Waals surface area contributed by atoms with Crippen LogP contribution in [0.5, 0.6) is 0 Å². The van der Waals surface area contributed by atoms with Gasteiger partial charge in [0.05, 0.1) is 28.3 Å². The van der Waals surface area contributed by atoms with E-state index in [4.69, 9.17) is 0 Å². The summed E-state index contributed by atoms with van der Waals surface area (Å²) in [5.74, 6) is 0.0393. The fourth-order valence-corrected chi connectivity index (χ4v) is 3.44. The summed E-state index contributed by atoms with van der Waals surface area (Å²) in [6.45, 7) is 2.62. The van der Waals surface area contributed by atoms with Gasteiger partial charge in [-0.15, -0.1) is 22.7 Å². The van der Waals surface area contributed by atoms with Crippen LogP contribution in [0.2, 0.25) is 0 Å². The molecule has 0 aliphatic rings. The van der Waals surface area contributed by atoms with E-state index in [-0.39, 0.29) is 5.91 Å². The van der Waals surface area contributed by atoms with E-state index in [1.54, 1.807) is 22.7 Å². The molecule has 4 nitrogen and oxygen atoms in total. The van der Waals surface area contributed by atoms with E-state index in [0.717, 1.165) is 33.9 Å². The van der Waals surface area contributed by atoms with E-state index in [9.17, 15) is 4.79 Å². The van der Waals surface area contributed by atoms with Crippen LogP contribution in [0.25, 0.3) is 11.3 Å². The van der Waals surface area contributed by atoms with Crippen LogP contribution in [0.1, 0.15) is 16.3 Å². The third kappa shape index (κ3) is 4.46. The van der Waals surface area contributed by atoms with Crippen molar-refractivity contribution in [1.82, 2.24) is 15.3 Å². The zero-order chi connectivity index (χ0) is 16.1. The van der Waals surface area contributed by atoms with Crippen LogP contribution in [-0.2, 0) is 17.6 Å². The van der Waals surface area contributed by atoms with Crippen molar-refractivity contribution < 1.29 is 4.79 Å². The lowest BCUT2D eigenvalue weighted by atomic mass is 10.1.